The summed E-state index contributed by atoms with van der Waals surface area (Å²) < 4.78 is 1.18. The van der Waals surface area contributed by atoms with Crippen LogP contribution in [-0.4, -0.2) is 36.4 Å². The molecule has 1 aromatic carbocycles. The van der Waals surface area contributed by atoms with E-state index < -0.39 is 0 Å². The average Bonchev–Trinajstić information content (AvgIpc) is 3.15. The fraction of sp³-hybridized carbons (Fsp3) is 0.643. The second kappa shape index (κ2) is 9.23. The normalized spacial score (nSPS) is 37.9. The van der Waals surface area contributed by atoms with Crippen LogP contribution in [-0.2, 0) is 4.79 Å². The maximum absolute atomic E-state index is 12.7. The van der Waals surface area contributed by atoms with Gasteiger partial charge in [0.2, 0.25) is 0 Å². The van der Waals surface area contributed by atoms with Crippen LogP contribution < -0.4 is 10.3 Å². The summed E-state index contributed by atoms with van der Waals surface area (Å²) in [6.07, 6.45) is 11.0. The van der Waals surface area contributed by atoms with Crippen molar-refractivity contribution in [2.75, 3.05) is 18.5 Å². The van der Waals surface area contributed by atoms with Crippen molar-refractivity contribution in [3.8, 4) is 0 Å². The summed E-state index contributed by atoms with van der Waals surface area (Å²) in [6.45, 7) is 5.16. The van der Waals surface area contributed by atoms with E-state index in [1.54, 1.807) is 0 Å². The van der Waals surface area contributed by atoms with Crippen molar-refractivity contribution >= 4 is 39.9 Å². The Kier molecular flexibility index (Phi) is 6.59. The Bertz CT molecular complexity index is 1010. The fourth-order valence-electron chi connectivity index (χ4n) is 7.78. The Labute approximate surface area is 217 Å². The number of hydrogen-bond acceptors (Lipinski definition) is 4. The van der Waals surface area contributed by atoms with E-state index in [1.807, 2.05) is 24.1 Å². The van der Waals surface area contributed by atoms with Crippen molar-refractivity contribution in [2.24, 2.45) is 33.7 Å². The molecular weight excluding hydrogens is 537 g/mol. The van der Waals surface area contributed by atoms with E-state index in [4.69, 9.17) is 5.10 Å². The van der Waals surface area contributed by atoms with Crippen LogP contribution in [0.5, 0.6) is 0 Å². The number of benzene rings is 1. The minimum Gasteiger partial charge on any atom is -0.393 e. The molecule has 5 nitrogen and oxygen atoms in total. The molecule has 1 aromatic rings. The number of aliphatic hydroxyl groups excluding tert-OH is 1. The van der Waals surface area contributed by atoms with Gasteiger partial charge in [0.1, 0.15) is 0 Å². The summed E-state index contributed by atoms with van der Waals surface area (Å²) >= 11 is 2.29. The number of nitrogens with zero attached hydrogens (tertiary/aromatic N) is 2. The van der Waals surface area contributed by atoms with E-state index in [-0.39, 0.29) is 22.8 Å². The van der Waals surface area contributed by atoms with E-state index >= 15 is 0 Å². The molecular formula is C28H38IN3O2. The van der Waals surface area contributed by atoms with Crippen LogP contribution in [0.3, 0.4) is 0 Å². The fourth-order valence-corrected chi connectivity index (χ4v) is 8.14. The molecule has 0 radical (unpaired) electrons. The number of hydrogen-bond donors (Lipinski definition) is 2. The minimum atomic E-state index is -0.150. The van der Waals surface area contributed by atoms with Gasteiger partial charge in [-0.25, -0.2) is 5.43 Å². The van der Waals surface area contributed by atoms with Gasteiger partial charge < -0.3 is 10.0 Å². The van der Waals surface area contributed by atoms with Crippen LogP contribution in [0, 0.1) is 32.2 Å². The lowest BCUT2D eigenvalue weighted by Crippen LogP contribution is -2.50. The molecule has 1 amide bonds. The zero-order valence-electron chi connectivity index (χ0n) is 20.7. The van der Waals surface area contributed by atoms with Crippen LogP contribution in [0.4, 0.5) is 5.69 Å². The summed E-state index contributed by atoms with van der Waals surface area (Å²) in [7, 11) is 1.94. The topological polar surface area (TPSA) is 64.9 Å². The van der Waals surface area contributed by atoms with Crippen molar-refractivity contribution in [3.63, 3.8) is 0 Å². The smallest absolute Gasteiger partial charge is 0.259 e. The number of allylic oxidation sites excluding steroid dienone is 1. The summed E-state index contributed by atoms with van der Waals surface area (Å²) in [4.78, 5) is 14.6. The lowest BCUT2D eigenvalue weighted by Gasteiger charge is -2.57. The zero-order valence-corrected chi connectivity index (χ0v) is 22.8. The van der Waals surface area contributed by atoms with Crippen molar-refractivity contribution in [2.45, 2.75) is 71.3 Å². The van der Waals surface area contributed by atoms with E-state index in [0.717, 1.165) is 50.1 Å². The molecule has 0 unspecified atom stereocenters. The number of fused-ring (bicyclic) bond motifs is 5. The monoisotopic (exact) mass is 575 g/mol. The van der Waals surface area contributed by atoms with Crippen molar-refractivity contribution in [1.29, 1.82) is 0 Å². The highest BCUT2D eigenvalue weighted by Gasteiger charge is 2.57. The molecule has 3 saturated carbocycles. The third kappa shape index (κ3) is 4.23. The van der Waals surface area contributed by atoms with Crippen molar-refractivity contribution < 1.29 is 9.90 Å². The van der Waals surface area contributed by atoms with Gasteiger partial charge in [0.15, 0.2) is 0 Å². The molecule has 2 N–H and O–H groups in total. The van der Waals surface area contributed by atoms with E-state index in [2.05, 4.69) is 60.1 Å². The van der Waals surface area contributed by atoms with Gasteiger partial charge in [-0.3, -0.25) is 4.79 Å². The van der Waals surface area contributed by atoms with Gasteiger partial charge in [0, 0.05) is 27.4 Å². The maximum Gasteiger partial charge on any atom is 0.259 e. The third-order valence-corrected chi connectivity index (χ3v) is 10.5. The lowest BCUT2D eigenvalue weighted by molar-refractivity contribution is -0.119. The Balaban J connectivity index is 1.26. The molecule has 0 bridgehead atoms. The minimum absolute atomic E-state index is 0.0622. The highest BCUT2D eigenvalue weighted by Crippen LogP contribution is 2.64. The predicted molar refractivity (Wildman–Crippen MR) is 146 cm³/mol. The van der Waals surface area contributed by atoms with E-state index in [1.165, 1.54) is 27.7 Å². The molecule has 6 heteroatoms. The Hall–Kier alpha value is -1.41. The second-order valence-electron chi connectivity index (χ2n) is 11.6. The lowest BCUT2D eigenvalue weighted by atomic mass is 9.48. The molecule has 6 atom stereocenters. The molecule has 0 spiro atoms. The summed E-state index contributed by atoms with van der Waals surface area (Å²) in [5.74, 6) is 1.98. The molecule has 0 saturated heterocycles. The quantitative estimate of drug-likeness (QED) is 0.282. The Morgan fingerprint density at radius 1 is 1.15 bits per heavy atom. The van der Waals surface area contributed by atoms with Crippen LogP contribution in [0.25, 0.3) is 0 Å². The molecule has 4 aliphatic rings. The average molecular weight is 576 g/mol. The molecule has 34 heavy (non-hydrogen) atoms. The Morgan fingerprint density at radius 3 is 2.62 bits per heavy atom. The van der Waals surface area contributed by atoms with Crippen molar-refractivity contribution in [1.82, 2.24) is 5.43 Å². The summed E-state index contributed by atoms with van der Waals surface area (Å²) in [5, 5.41) is 15.0. The van der Waals surface area contributed by atoms with E-state index in [0.29, 0.717) is 18.4 Å². The van der Waals surface area contributed by atoms with Crippen LogP contribution in [0.1, 0.15) is 65.2 Å². The highest BCUT2D eigenvalue weighted by molar-refractivity contribution is 14.1. The standard InChI is InChI=1S/C28H38IN3O2/c1-27-14-12-21(33)16-18(27)4-9-22-23-10-11-25(28(23,2)15-13-24(22)27)30-31-26(34)17-32(3)20-7-5-19(29)6-8-20/h4-8,21-24,33H,9-17H2,1-3H3,(H,31,34)/b30-25-/t21-,22-,23-,24-,27-,28-/m0/s1. The van der Waals surface area contributed by atoms with Crippen LogP contribution >= 0.6 is 22.6 Å². The van der Waals surface area contributed by atoms with Crippen LogP contribution in [0.15, 0.2) is 41.0 Å². The van der Waals surface area contributed by atoms with Crippen molar-refractivity contribution in [3.05, 3.63) is 39.5 Å². The highest BCUT2D eigenvalue weighted by atomic mass is 127. The van der Waals surface area contributed by atoms with Gasteiger partial charge in [0.25, 0.3) is 5.91 Å². The number of carbonyl (C=O) groups is 1. The number of carbonyl (C=O) groups excluding carboxylic acids is 1. The summed E-state index contributed by atoms with van der Waals surface area (Å²) in [5.41, 5.74) is 6.99. The molecule has 184 valence electrons. The number of nitrogens with one attached hydrogen (secondary N) is 1. The number of amides is 1. The number of likely N-dealkylation sites (N-methyl/N-ethyl adjacent to an activating group) is 1. The van der Waals surface area contributed by atoms with Gasteiger partial charge in [-0.05, 0) is 121 Å². The number of anilines is 1. The SMILES string of the molecule is CN(CC(=O)N/N=C1/CC[C@H]2[C@@H]3CC=C4C[C@@H](O)CC[C@]4(C)[C@H]3CC[C@]12C)c1ccc(I)cc1. The first-order valence-corrected chi connectivity index (χ1v) is 14.0. The number of rotatable bonds is 4. The summed E-state index contributed by atoms with van der Waals surface area (Å²) in [6, 6.07) is 8.19. The Morgan fingerprint density at radius 2 is 1.85 bits per heavy atom. The first-order chi connectivity index (χ1) is 16.2. The zero-order chi connectivity index (χ0) is 24.1. The largest absolute Gasteiger partial charge is 0.393 e. The van der Waals surface area contributed by atoms with Gasteiger partial charge in [0.05, 0.1) is 12.6 Å². The molecule has 0 aromatic heterocycles. The van der Waals surface area contributed by atoms with Crippen LogP contribution in [0.2, 0.25) is 0 Å². The van der Waals surface area contributed by atoms with Gasteiger partial charge in [-0.2, -0.15) is 5.10 Å². The molecule has 3 fully saturated rings. The van der Waals surface area contributed by atoms with Gasteiger partial charge >= 0.3 is 0 Å². The first kappa shape index (κ1) is 24.3. The number of hydrazone groups is 1. The molecule has 0 heterocycles. The number of aliphatic hydroxyl groups is 1. The third-order valence-electron chi connectivity index (χ3n) is 9.78. The molecule has 0 aliphatic heterocycles. The second-order valence-corrected chi connectivity index (χ2v) is 12.8. The predicted octanol–water partition coefficient (Wildman–Crippen LogP) is 5.52. The molecule has 5 rings (SSSR count). The van der Waals surface area contributed by atoms with E-state index in [9.17, 15) is 9.90 Å². The number of halogens is 1. The van der Waals surface area contributed by atoms with Gasteiger partial charge in [-0.1, -0.05) is 25.5 Å². The molecule has 4 aliphatic carbocycles. The first-order valence-electron chi connectivity index (χ1n) is 12.9. The van der Waals surface area contributed by atoms with Gasteiger partial charge in [-0.15, -0.1) is 0 Å². The maximum atomic E-state index is 12.7.